The van der Waals surface area contributed by atoms with E-state index in [1.807, 2.05) is 13.8 Å². The third-order valence-electron chi connectivity index (χ3n) is 1.05. The molecule has 0 aromatic heterocycles. The summed E-state index contributed by atoms with van der Waals surface area (Å²) < 4.78 is 15.1. The van der Waals surface area contributed by atoms with Crippen molar-refractivity contribution in [3.63, 3.8) is 0 Å². The number of alkyl halides is 1. The second-order valence-corrected chi connectivity index (χ2v) is 2.26. The summed E-state index contributed by atoms with van der Waals surface area (Å²) in [7, 11) is 2.85. The van der Waals surface area contributed by atoms with E-state index in [4.69, 9.17) is 25.5 Å². The maximum atomic E-state index is 5.58. The van der Waals surface area contributed by atoms with Crippen LogP contribution in [0.15, 0.2) is 0 Å². The van der Waals surface area contributed by atoms with Crippen molar-refractivity contribution in [3.8, 4) is 0 Å². The van der Waals surface area contributed by atoms with Crippen LogP contribution >= 0.6 is 11.6 Å². The molecule has 0 N–H and O–H groups in total. The molecule has 0 aromatic carbocycles. The first-order valence-corrected chi connectivity index (χ1v) is 4.37. The molecule has 0 saturated heterocycles. The molecule has 5 heteroatoms. The van der Waals surface area contributed by atoms with Gasteiger partial charge >= 0.3 is 0 Å². The van der Waals surface area contributed by atoms with E-state index in [2.05, 4.69) is 10.5 Å². The summed E-state index contributed by atoms with van der Waals surface area (Å²) in [6.07, 6.45) is 0. The Bertz CT molecular complexity index is 89.8. The van der Waals surface area contributed by atoms with Gasteiger partial charge in [0.15, 0.2) is 0 Å². The summed E-state index contributed by atoms with van der Waals surface area (Å²) in [4.78, 5) is 0. The Morgan fingerprint density at radius 3 is 1.91 bits per heavy atom. The molecule has 3 radical (unpaired) electrons. The summed E-state index contributed by atoms with van der Waals surface area (Å²) in [6.45, 7) is 4.64. The Labute approximate surface area is 75.5 Å². The van der Waals surface area contributed by atoms with Crippen molar-refractivity contribution in [3.05, 3.63) is 0 Å². The molecule has 0 bridgehead atoms. The van der Waals surface area contributed by atoms with Crippen LogP contribution in [0.4, 0.5) is 0 Å². The van der Waals surface area contributed by atoms with Crippen molar-refractivity contribution in [2.45, 2.75) is 19.8 Å². The molecule has 0 aromatic rings. The summed E-state index contributed by atoms with van der Waals surface area (Å²) in [5.41, 5.74) is 0. The molecule has 0 spiro atoms. The fraction of sp³-hybridized carbons (Fsp3) is 1.00. The highest BCUT2D eigenvalue weighted by Gasteiger charge is 2.29. The third kappa shape index (κ3) is 3.53. The van der Waals surface area contributed by atoms with Crippen LogP contribution in [0.3, 0.4) is 0 Å². The zero-order valence-electron chi connectivity index (χ0n) is 6.72. The normalized spacial score (nSPS) is 12.0. The van der Waals surface area contributed by atoms with Crippen molar-refractivity contribution in [2.75, 3.05) is 19.1 Å². The number of hydrogen-bond acceptors (Lipinski definition) is 3. The Morgan fingerprint density at radius 2 is 1.73 bits per heavy atom. The minimum Gasteiger partial charge on any atom is -0.370 e. The van der Waals surface area contributed by atoms with E-state index in [9.17, 15) is 0 Å². The Kier molecular flexibility index (Phi) is 6.17. The van der Waals surface area contributed by atoms with Crippen molar-refractivity contribution in [1.29, 1.82) is 0 Å². The standard InChI is InChI=1S/C6H12ClO3Si/c1-3-8-6(5-7,10-11)9-4-2/h3-5H2,1-2H3. The second-order valence-electron chi connectivity index (χ2n) is 1.78. The van der Waals surface area contributed by atoms with Crippen molar-refractivity contribution < 1.29 is 13.9 Å². The van der Waals surface area contributed by atoms with Crippen LogP contribution in [0.1, 0.15) is 13.8 Å². The van der Waals surface area contributed by atoms with Crippen LogP contribution in [0.2, 0.25) is 0 Å². The van der Waals surface area contributed by atoms with Gasteiger partial charge in [-0.2, -0.15) is 0 Å². The van der Waals surface area contributed by atoms with E-state index in [-0.39, 0.29) is 5.88 Å². The van der Waals surface area contributed by atoms with Crippen LogP contribution in [-0.4, -0.2) is 35.6 Å². The summed E-state index contributed by atoms with van der Waals surface area (Å²) in [5.74, 6) is -1.01. The Balaban J connectivity index is 3.96. The van der Waals surface area contributed by atoms with E-state index in [1.165, 1.54) is 0 Å². The van der Waals surface area contributed by atoms with Gasteiger partial charge in [0, 0.05) is 13.2 Å². The molecule has 65 valence electrons. The van der Waals surface area contributed by atoms with Crippen LogP contribution in [-0.2, 0) is 13.9 Å². The highest BCUT2D eigenvalue weighted by atomic mass is 35.5. The van der Waals surface area contributed by atoms with Gasteiger partial charge in [-0.15, -0.1) is 11.6 Å². The molecular weight excluding hydrogens is 184 g/mol. The Morgan fingerprint density at radius 1 is 1.27 bits per heavy atom. The first kappa shape index (κ1) is 11.4. The lowest BCUT2D eigenvalue weighted by molar-refractivity contribution is -0.325. The van der Waals surface area contributed by atoms with Crippen molar-refractivity contribution in [1.82, 2.24) is 0 Å². The van der Waals surface area contributed by atoms with Crippen LogP contribution < -0.4 is 0 Å². The van der Waals surface area contributed by atoms with E-state index in [0.717, 1.165) is 0 Å². The molecule has 0 unspecified atom stereocenters. The molecule has 3 nitrogen and oxygen atoms in total. The fourth-order valence-corrected chi connectivity index (χ4v) is 1.14. The van der Waals surface area contributed by atoms with E-state index in [0.29, 0.717) is 13.2 Å². The minimum absolute atomic E-state index is 0.123. The molecule has 0 heterocycles. The van der Waals surface area contributed by atoms with Gasteiger partial charge in [0.05, 0.1) is 0 Å². The molecule has 0 aliphatic rings. The first-order valence-electron chi connectivity index (χ1n) is 3.43. The molecule has 0 aliphatic heterocycles. The lowest BCUT2D eigenvalue weighted by Gasteiger charge is -2.29. The van der Waals surface area contributed by atoms with Gasteiger partial charge in [-0.3, -0.25) is 0 Å². The fourth-order valence-electron chi connectivity index (χ4n) is 0.645. The lowest BCUT2D eigenvalue weighted by atomic mass is 10.6. The number of rotatable bonds is 6. The smallest absolute Gasteiger partial charge is 0.287 e. The Hall–Kier alpha value is 0.387. The molecular formula is C6H12ClO3Si. The first-order chi connectivity index (χ1) is 5.24. The summed E-state index contributed by atoms with van der Waals surface area (Å²) >= 11 is 5.58. The summed E-state index contributed by atoms with van der Waals surface area (Å²) in [6, 6.07) is 0. The zero-order valence-corrected chi connectivity index (χ0v) is 8.48. The molecule has 0 atom stereocenters. The molecule has 11 heavy (non-hydrogen) atoms. The van der Waals surface area contributed by atoms with Gasteiger partial charge < -0.3 is 13.9 Å². The van der Waals surface area contributed by atoms with Crippen LogP contribution in [0.25, 0.3) is 0 Å². The SMILES string of the molecule is CCOC(CCl)(O[Si])OCC. The highest BCUT2D eigenvalue weighted by molar-refractivity contribution is 6.18. The van der Waals surface area contributed by atoms with Gasteiger partial charge in [0.2, 0.25) is 0 Å². The highest BCUT2D eigenvalue weighted by Crippen LogP contribution is 2.15. The largest absolute Gasteiger partial charge is 0.370 e. The van der Waals surface area contributed by atoms with Gasteiger partial charge in [-0.1, -0.05) is 0 Å². The number of halogens is 1. The molecule has 0 rings (SSSR count). The zero-order chi connectivity index (χ0) is 8.74. The number of ether oxygens (including phenoxy) is 2. The topological polar surface area (TPSA) is 27.7 Å². The lowest BCUT2D eigenvalue weighted by Crippen LogP contribution is -2.40. The van der Waals surface area contributed by atoms with Gasteiger partial charge in [0.25, 0.3) is 16.5 Å². The van der Waals surface area contributed by atoms with E-state index in [1.54, 1.807) is 0 Å². The minimum atomic E-state index is -1.14. The van der Waals surface area contributed by atoms with Gasteiger partial charge in [-0.25, -0.2) is 0 Å². The third-order valence-corrected chi connectivity index (χ3v) is 1.69. The van der Waals surface area contributed by atoms with Crippen molar-refractivity contribution in [2.24, 2.45) is 0 Å². The second kappa shape index (κ2) is 5.96. The predicted molar refractivity (Wildman–Crippen MR) is 43.5 cm³/mol. The average molecular weight is 196 g/mol. The molecule has 0 aliphatic carbocycles. The van der Waals surface area contributed by atoms with E-state index < -0.39 is 5.97 Å². The average Bonchev–Trinajstić information content (AvgIpc) is 2.04. The molecule has 0 fully saturated rings. The van der Waals surface area contributed by atoms with Gasteiger partial charge in [-0.05, 0) is 13.8 Å². The quantitative estimate of drug-likeness (QED) is 0.360. The summed E-state index contributed by atoms with van der Waals surface area (Å²) in [5, 5.41) is 0. The maximum Gasteiger partial charge on any atom is 0.287 e. The van der Waals surface area contributed by atoms with E-state index >= 15 is 0 Å². The monoisotopic (exact) mass is 195 g/mol. The van der Waals surface area contributed by atoms with Crippen LogP contribution in [0.5, 0.6) is 0 Å². The van der Waals surface area contributed by atoms with Crippen molar-refractivity contribution >= 4 is 22.1 Å². The van der Waals surface area contributed by atoms with Crippen LogP contribution in [0, 0.1) is 0 Å². The predicted octanol–water partition coefficient (Wildman–Crippen LogP) is 1.05. The molecule has 0 amide bonds. The maximum absolute atomic E-state index is 5.58. The van der Waals surface area contributed by atoms with Gasteiger partial charge in [0.1, 0.15) is 5.88 Å². The molecule has 0 saturated carbocycles. The number of hydrogen-bond donors (Lipinski definition) is 0.